The zero-order valence-corrected chi connectivity index (χ0v) is 16.3. The fraction of sp³-hybridized carbons (Fsp3) is 0.529. The van der Waals surface area contributed by atoms with Crippen LogP contribution in [0.2, 0.25) is 0 Å². The number of anilines is 2. The van der Waals surface area contributed by atoms with E-state index in [2.05, 4.69) is 46.1 Å². The van der Waals surface area contributed by atoms with Crippen molar-refractivity contribution >= 4 is 45.6 Å². The van der Waals surface area contributed by atoms with E-state index in [9.17, 15) is 0 Å². The summed E-state index contributed by atoms with van der Waals surface area (Å²) in [6.07, 6.45) is 0. The van der Waals surface area contributed by atoms with Crippen molar-refractivity contribution in [2.45, 2.75) is 26.8 Å². The van der Waals surface area contributed by atoms with Gasteiger partial charge in [0.05, 0.1) is 0 Å². The predicted octanol–water partition coefficient (Wildman–Crippen LogP) is 2.98. The van der Waals surface area contributed by atoms with E-state index >= 15 is 0 Å². The van der Waals surface area contributed by atoms with Crippen LogP contribution in [0.25, 0.3) is 0 Å². The number of nitrogens with one attached hydrogen (secondary N) is 1. The average Bonchev–Trinajstić information content (AvgIpc) is 2.55. The Balaban J connectivity index is 1.89. The molecule has 0 spiro atoms. The lowest BCUT2D eigenvalue weighted by Gasteiger charge is -2.38. The van der Waals surface area contributed by atoms with E-state index in [1.807, 2.05) is 19.1 Å². The number of thiocarbonyl (C=S) groups is 1. The normalized spacial score (nSPS) is 16.5. The van der Waals surface area contributed by atoms with Crippen LogP contribution in [-0.2, 0) is 0 Å². The van der Waals surface area contributed by atoms with Crippen LogP contribution in [0, 0.1) is 0 Å². The molecule has 0 saturated carbocycles. The number of nitrogens with two attached hydrogens (primary N) is 1. The average molecular weight is 366 g/mol. The number of piperazine rings is 1. The van der Waals surface area contributed by atoms with Gasteiger partial charge in [-0.15, -0.1) is 0 Å². The van der Waals surface area contributed by atoms with Gasteiger partial charge in [0.2, 0.25) is 0 Å². The zero-order valence-electron chi connectivity index (χ0n) is 14.7. The van der Waals surface area contributed by atoms with Crippen LogP contribution < -0.4 is 16.0 Å². The molecule has 1 aromatic rings. The summed E-state index contributed by atoms with van der Waals surface area (Å²) < 4.78 is 0. The second-order valence-corrected chi connectivity index (χ2v) is 7.65. The number of aliphatic imine (C=N–C) groups is 1. The smallest absolute Gasteiger partial charge is 0.199 e. The molecule has 3 N–H and O–H groups in total. The summed E-state index contributed by atoms with van der Waals surface area (Å²) in [4.78, 5) is 9.10. The first-order chi connectivity index (χ1) is 11.5. The molecule has 1 aliphatic heterocycles. The van der Waals surface area contributed by atoms with Crippen molar-refractivity contribution < 1.29 is 0 Å². The van der Waals surface area contributed by atoms with E-state index in [-0.39, 0.29) is 0 Å². The quantitative estimate of drug-likeness (QED) is 0.486. The molecule has 24 heavy (non-hydrogen) atoms. The van der Waals surface area contributed by atoms with Crippen molar-refractivity contribution in [1.29, 1.82) is 0 Å². The number of amidine groups is 1. The van der Waals surface area contributed by atoms with Crippen LogP contribution in [-0.4, -0.2) is 53.2 Å². The molecule has 0 radical (unpaired) electrons. The molecule has 1 saturated heterocycles. The molecule has 7 heteroatoms. The highest BCUT2D eigenvalue weighted by molar-refractivity contribution is 8.13. The number of benzene rings is 1. The van der Waals surface area contributed by atoms with E-state index in [1.54, 1.807) is 0 Å². The largest absolute Gasteiger partial charge is 0.378 e. The highest BCUT2D eigenvalue weighted by Gasteiger charge is 2.18. The van der Waals surface area contributed by atoms with Crippen LogP contribution >= 0.6 is 24.0 Å². The van der Waals surface area contributed by atoms with Crippen molar-refractivity contribution in [3.63, 3.8) is 0 Å². The molecule has 1 aromatic carbocycles. The Hall–Kier alpha value is -1.31. The number of hydrogen-bond donors (Lipinski definition) is 2. The summed E-state index contributed by atoms with van der Waals surface area (Å²) in [7, 11) is 0. The Kier molecular flexibility index (Phi) is 7.33. The predicted molar refractivity (Wildman–Crippen MR) is 111 cm³/mol. The molecule has 1 heterocycles. The Bertz CT molecular complexity index is 563. The molecule has 0 amide bonds. The van der Waals surface area contributed by atoms with Gasteiger partial charge in [-0.25, -0.2) is 0 Å². The van der Waals surface area contributed by atoms with Gasteiger partial charge >= 0.3 is 0 Å². The molecule has 0 aliphatic carbocycles. The summed E-state index contributed by atoms with van der Waals surface area (Å²) in [5, 5.41) is 4.00. The maximum atomic E-state index is 5.77. The van der Waals surface area contributed by atoms with Crippen LogP contribution in [0.3, 0.4) is 0 Å². The fourth-order valence-corrected chi connectivity index (χ4v) is 3.41. The Morgan fingerprint density at radius 2 is 1.88 bits per heavy atom. The van der Waals surface area contributed by atoms with Gasteiger partial charge in [-0.1, -0.05) is 18.7 Å². The van der Waals surface area contributed by atoms with Crippen molar-refractivity contribution in [2.24, 2.45) is 10.7 Å². The van der Waals surface area contributed by atoms with Gasteiger partial charge in [-0.05, 0) is 56.1 Å². The molecule has 0 bridgehead atoms. The van der Waals surface area contributed by atoms with E-state index in [4.69, 9.17) is 18.0 Å². The number of nitrogens with zero attached hydrogens (tertiary/aromatic N) is 3. The molecule has 0 atom stereocenters. The first kappa shape index (κ1) is 19.0. The molecule has 132 valence electrons. The van der Waals surface area contributed by atoms with Crippen molar-refractivity contribution in [3.05, 3.63) is 24.3 Å². The minimum absolute atomic E-state index is 0.395. The highest BCUT2D eigenvalue weighted by atomic mass is 32.2. The van der Waals surface area contributed by atoms with Crippen molar-refractivity contribution in [2.75, 3.05) is 42.1 Å². The van der Waals surface area contributed by atoms with Crippen molar-refractivity contribution in [1.82, 2.24) is 4.90 Å². The van der Waals surface area contributed by atoms with E-state index < -0.39 is 0 Å². The first-order valence-electron chi connectivity index (χ1n) is 8.36. The maximum Gasteiger partial charge on any atom is 0.199 e. The second kappa shape index (κ2) is 9.25. The third kappa shape index (κ3) is 5.65. The van der Waals surface area contributed by atoms with Crippen LogP contribution in [0.1, 0.15) is 20.8 Å². The molecule has 0 aromatic heterocycles. The topological polar surface area (TPSA) is 56.9 Å². The summed E-state index contributed by atoms with van der Waals surface area (Å²) in [5.41, 5.74) is 7.95. The van der Waals surface area contributed by atoms with Gasteiger partial charge in [-0.3, -0.25) is 4.90 Å². The van der Waals surface area contributed by atoms with Gasteiger partial charge in [0.15, 0.2) is 10.3 Å². The minimum Gasteiger partial charge on any atom is -0.378 e. The summed E-state index contributed by atoms with van der Waals surface area (Å²) in [6, 6.07) is 8.95. The Morgan fingerprint density at radius 3 is 2.42 bits per heavy atom. The summed E-state index contributed by atoms with van der Waals surface area (Å²) in [5.74, 6) is 0.886. The molecular formula is C17H27N5S2. The van der Waals surface area contributed by atoms with Gasteiger partial charge in [0.25, 0.3) is 0 Å². The van der Waals surface area contributed by atoms with Crippen LogP contribution in [0.4, 0.5) is 11.4 Å². The number of hydrogen-bond acceptors (Lipinski definition) is 4. The van der Waals surface area contributed by atoms with E-state index in [0.29, 0.717) is 16.3 Å². The lowest BCUT2D eigenvalue weighted by atomic mass is 10.2. The van der Waals surface area contributed by atoms with Crippen molar-refractivity contribution in [3.8, 4) is 0 Å². The van der Waals surface area contributed by atoms with Gasteiger partial charge < -0.3 is 16.0 Å². The lowest BCUT2D eigenvalue weighted by Crippen LogP contribution is -2.48. The molecule has 5 nitrogen and oxygen atoms in total. The SMILES string of the molecule is CCS/C(N)=N/C(=S)Nc1ccc(N2CCN(C(C)C)CC2)cc1. The minimum atomic E-state index is 0.395. The lowest BCUT2D eigenvalue weighted by molar-refractivity contribution is 0.209. The second-order valence-electron chi connectivity index (χ2n) is 5.98. The third-order valence-electron chi connectivity index (χ3n) is 4.03. The summed E-state index contributed by atoms with van der Waals surface area (Å²) >= 11 is 6.70. The number of thioether (sulfide) groups is 1. The highest BCUT2D eigenvalue weighted by Crippen LogP contribution is 2.20. The molecular weight excluding hydrogens is 338 g/mol. The van der Waals surface area contributed by atoms with Gasteiger partial charge in [0.1, 0.15) is 0 Å². The fourth-order valence-electron chi connectivity index (χ4n) is 2.68. The third-order valence-corrected chi connectivity index (χ3v) is 4.90. The Morgan fingerprint density at radius 1 is 1.25 bits per heavy atom. The van der Waals surface area contributed by atoms with Gasteiger partial charge in [0, 0.05) is 43.6 Å². The zero-order chi connectivity index (χ0) is 17.5. The summed E-state index contributed by atoms with van der Waals surface area (Å²) in [6.45, 7) is 10.9. The molecule has 1 aliphatic rings. The maximum absolute atomic E-state index is 5.77. The van der Waals surface area contributed by atoms with Gasteiger partial charge in [-0.2, -0.15) is 4.99 Å². The monoisotopic (exact) mass is 365 g/mol. The van der Waals surface area contributed by atoms with Crippen LogP contribution in [0.15, 0.2) is 29.3 Å². The molecule has 2 rings (SSSR count). The molecule has 1 fully saturated rings. The first-order valence-corrected chi connectivity index (χ1v) is 9.76. The van der Waals surface area contributed by atoms with E-state index in [0.717, 1.165) is 37.6 Å². The Labute approximate surface area is 154 Å². The molecule has 0 unspecified atom stereocenters. The van der Waals surface area contributed by atoms with Crippen LogP contribution in [0.5, 0.6) is 0 Å². The standard InChI is InChI=1S/C17H27N5S2/c1-4-24-16(18)20-17(23)19-14-5-7-15(8-6-14)22-11-9-21(10-12-22)13(2)3/h5-8,13H,4,9-12H2,1-3H3,(H3,18,19,20,23). The number of rotatable bonds is 4. The van der Waals surface area contributed by atoms with E-state index in [1.165, 1.54) is 17.4 Å².